The van der Waals surface area contributed by atoms with E-state index >= 15 is 0 Å². The van der Waals surface area contributed by atoms with E-state index in [4.69, 9.17) is 0 Å². The van der Waals surface area contributed by atoms with Gasteiger partial charge in [-0.2, -0.15) is 0 Å². The minimum Gasteiger partial charge on any atom is -0.372 e. The van der Waals surface area contributed by atoms with Crippen LogP contribution in [0, 0.1) is 5.92 Å². The first-order valence-corrected chi connectivity index (χ1v) is 12.5. The van der Waals surface area contributed by atoms with E-state index in [2.05, 4.69) is 42.6 Å². The van der Waals surface area contributed by atoms with Gasteiger partial charge in [-0.05, 0) is 74.4 Å². The Kier molecular flexibility index (Phi) is 6.90. The lowest BCUT2D eigenvalue weighted by Gasteiger charge is -2.25. The van der Waals surface area contributed by atoms with Crippen LogP contribution in [0.2, 0.25) is 0 Å². The Balaban J connectivity index is 1.28. The summed E-state index contributed by atoms with van der Waals surface area (Å²) in [5.41, 5.74) is 2.90. The van der Waals surface area contributed by atoms with Gasteiger partial charge < -0.3 is 20.5 Å². The number of hydrogen-bond donors (Lipinski definition) is 3. The first-order valence-electron chi connectivity index (χ1n) is 12.5. The summed E-state index contributed by atoms with van der Waals surface area (Å²) in [6, 6.07) is 9.53. The molecule has 3 heterocycles. The van der Waals surface area contributed by atoms with Crippen LogP contribution in [0.3, 0.4) is 0 Å². The van der Waals surface area contributed by atoms with Crippen molar-refractivity contribution in [1.82, 2.24) is 19.9 Å². The summed E-state index contributed by atoms with van der Waals surface area (Å²) in [4.78, 5) is 39.2. The first kappa shape index (κ1) is 23.2. The average Bonchev–Trinajstić information content (AvgIpc) is 3.58. The van der Waals surface area contributed by atoms with Crippen molar-refractivity contribution in [1.29, 1.82) is 0 Å². The zero-order valence-corrected chi connectivity index (χ0v) is 20.1. The van der Waals surface area contributed by atoms with Gasteiger partial charge in [0.15, 0.2) is 0 Å². The quantitative estimate of drug-likeness (QED) is 0.478. The van der Waals surface area contributed by atoms with Gasteiger partial charge in [0.05, 0.1) is 18.1 Å². The fourth-order valence-electron chi connectivity index (χ4n) is 5.42. The number of likely N-dealkylation sites (tertiary alicyclic amines) is 1. The van der Waals surface area contributed by atoms with E-state index < -0.39 is 0 Å². The fourth-order valence-corrected chi connectivity index (χ4v) is 5.42. The van der Waals surface area contributed by atoms with Crippen LogP contribution in [0.5, 0.6) is 0 Å². The molecule has 2 aromatic heterocycles. The minimum absolute atomic E-state index is 0.176. The van der Waals surface area contributed by atoms with Gasteiger partial charge in [-0.15, -0.1) is 0 Å². The van der Waals surface area contributed by atoms with E-state index in [-0.39, 0.29) is 17.2 Å². The molecule has 0 radical (unpaired) electrons. The number of hydrogen-bond acceptors (Lipinski definition) is 6. The predicted octanol–water partition coefficient (Wildman–Crippen LogP) is 4.11. The molecule has 8 nitrogen and oxygen atoms in total. The molecule has 5 rings (SSSR count). The normalized spacial score (nSPS) is 20.1. The minimum atomic E-state index is -0.368. The second-order valence-electron chi connectivity index (χ2n) is 9.55. The zero-order chi connectivity index (χ0) is 24.2. The maximum Gasteiger partial charge on any atom is 0.271 e. The maximum absolute atomic E-state index is 12.9. The Morgan fingerprint density at radius 3 is 2.69 bits per heavy atom. The Morgan fingerprint density at radius 2 is 1.91 bits per heavy atom. The second-order valence-corrected chi connectivity index (χ2v) is 9.55. The van der Waals surface area contributed by atoms with E-state index in [0.29, 0.717) is 34.5 Å². The largest absolute Gasteiger partial charge is 0.372 e. The topological polar surface area (TPSA) is 103 Å². The number of benzene rings is 1. The molecule has 1 saturated carbocycles. The van der Waals surface area contributed by atoms with Crippen molar-refractivity contribution in [2.75, 3.05) is 37.3 Å². The van der Waals surface area contributed by atoms with Gasteiger partial charge in [0.25, 0.3) is 11.5 Å². The molecule has 0 spiro atoms. The molecule has 1 saturated heterocycles. The third kappa shape index (κ3) is 5.27. The summed E-state index contributed by atoms with van der Waals surface area (Å²) in [5.74, 6) is 1.55. The van der Waals surface area contributed by atoms with E-state index in [0.717, 1.165) is 0 Å². The number of nitrogens with zero attached hydrogens (tertiary/aromatic N) is 3. The smallest absolute Gasteiger partial charge is 0.271 e. The lowest BCUT2D eigenvalue weighted by molar-refractivity contribution is 0.102. The van der Waals surface area contributed by atoms with Crippen LogP contribution in [0.15, 0.2) is 53.7 Å². The lowest BCUT2D eigenvalue weighted by atomic mass is 9.88. The standard InChI is InChI=1S/C27H32N6O2/c1-28-25-16-29-15-24(31-25)21-13-23(27(35)30-14-21)32-26(34)19-9-7-18(8-10-19)22-6-4-5-20(22)17-33-11-2-3-12-33/h7-10,13-16,20,22H,2-6,11-12,17H2,1H3,(H,28,31)(H,30,35)(H,32,34)/t20-,22?/m0/s1. The third-order valence-electron chi connectivity index (χ3n) is 7.29. The molecule has 8 heteroatoms. The number of rotatable bonds is 7. The summed E-state index contributed by atoms with van der Waals surface area (Å²) < 4.78 is 0. The number of anilines is 2. The van der Waals surface area contributed by atoms with E-state index in [1.54, 1.807) is 31.7 Å². The molecule has 1 aromatic carbocycles. The summed E-state index contributed by atoms with van der Waals surface area (Å²) in [6.07, 6.45) is 11.2. The van der Waals surface area contributed by atoms with Gasteiger partial charge in [0.1, 0.15) is 11.5 Å². The molecule has 1 amide bonds. The van der Waals surface area contributed by atoms with E-state index in [1.807, 2.05) is 12.1 Å². The summed E-state index contributed by atoms with van der Waals surface area (Å²) in [5, 5.41) is 5.70. The van der Waals surface area contributed by atoms with Crippen molar-refractivity contribution in [3.8, 4) is 11.3 Å². The number of nitrogens with one attached hydrogen (secondary N) is 3. The zero-order valence-electron chi connectivity index (χ0n) is 20.1. The number of carbonyl (C=O) groups excluding carboxylic acids is 1. The van der Waals surface area contributed by atoms with Gasteiger partial charge >= 0.3 is 0 Å². The Bertz CT molecular complexity index is 1230. The molecule has 3 aromatic rings. The van der Waals surface area contributed by atoms with Gasteiger partial charge in [0.2, 0.25) is 0 Å². The molecule has 35 heavy (non-hydrogen) atoms. The van der Waals surface area contributed by atoms with Crippen molar-refractivity contribution in [2.24, 2.45) is 5.92 Å². The second kappa shape index (κ2) is 10.4. The Hall–Kier alpha value is -3.52. The summed E-state index contributed by atoms with van der Waals surface area (Å²) in [6.45, 7) is 3.65. The molecule has 2 aliphatic rings. The number of H-pyrrole nitrogens is 1. The van der Waals surface area contributed by atoms with Crippen LogP contribution in [0.1, 0.15) is 53.9 Å². The van der Waals surface area contributed by atoms with Crippen molar-refractivity contribution in [3.63, 3.8) is 0 Å². The molecule has 2 fully saturated rings. The monoisotopic (exact) mass is 472 g/mol. The molecule has 2 atom stereocenters. The molecule has 1 unspecified atom stereocenters. The lowest BCUT2D eigenvalue weighted by Crippen LogP contribution is -2.28. The molecule has 182 valence electrons. The number of pyridine rings is 1. The highest BCUT2D eigenvalue weighted by molar-refractivity contribution is 6.04. The van der Waals surface area contributed by atoms with Crippen molar-refractivity contribution >= 4 is 17.4 Å². The predicted molar refractivity (Wildman–Crippen MR) is 138 cm³/mol. The molecular weight excluding hydrogens is 440 g/mol. The van der Waals surface area contributed by atoms with Crippen LogP contribution in [-0.4, -0.2) is 52.4 Å². The van der Waals surface area contributed by atoms with Crippen molar-refractivity contribution in [2.45, 2.75) is 38.0 Å². The molecule has 1 aliphatic carbocycles. The van der Waals surface area contributed by atoms with Gasteiger partial charge in [-0.25, -0.2) is 4.98 Å². The summed E-state index contributed by atoms with van der Waals surface area (Å²) in [7, 11) is 1.76. The number of amides is 1. The highest BCUT2D eigenvalue weighted by atomic mass is 16.2. The van der Waals surface area contributed by atoms with Crippen LogP contribution in [0.4, 0.5) is 11.5 Å². The average molecular weight is 473 g/mol. The van der Waals surface area contributed by atoms with Crippen molar-refractivity contribution in [3.05, 3.63) is 70.4 Å². The van der Waals surface area contributed by atoms with E-state index in [9.17, 15) is 9.59 Å². The fraction of sp³-hybridized carbons (Fsp3) is 0.407. The number of aromatic amines is 1. The third-order valence-corrected chi connectivity index (χ3v) is 7.29. The highest BCUT2D eigenvalue weighted by Crippen LogP contribution is 2.40. The highest BCUT2D eigenvalue weighted by Gasteiger charge is 2.30. The Labute approximate surface area is 205 Å². The summed E-state index contributed by atoms with van der Waals surface area (Å²) >= 11 is 0. The number of aromatic nitrogens is 3. The first-order chi connectivity index (χ1) is 17.1. The molecule has 1 aliphatic heterocycles. The SMILES string of the molecule is CNc1cncc(-c2c[nH]c(=O)c(NC(=O)c3ccc(C4CCC[C@H]4CN4CCCC4)cc3)c2)n1. The van der Waals surface area contributed by atoms with Gasteiger partial charge in [-0.1, -0.05) is 18.6 Å². The van der Waals surface area contributed by atoms with Crippen molar-refractivity contribution < 1.29 is 4.79 Å². The molecular formula is C27H32N6O2. The van der Waals surface area contributed by atoms with Gasteiger partial charge in [-0.3, -0.25) is 14.6 Å². The molecule has 0 bridgehead atoms. The molecule has 3 N–H and O–H groups in total. The maximum atomic E-state index is 12.9. The van der Waals surface area contributed by atoms with E-state index in [1.165, 1.54) is 57.3 Å². The van der Waals surface area contributed by atoms with Gasteiger partial charge in [0, 0.05) is 30.9 Å². The van der Waals surface area contributed by atoms with Crippen LogP contribution < -0.4 is 16.2 Å². The van der Waals surface area contributed by atoms with Crippen LogP contribution in [0.25, 0.3) is 11.3 Å². The van der Waals surface area contributed by atoms with Crippen LogP contribution >= 0.6 is 0 Å². The number of carbonyl (C=O) groups is 1. The Morgan fingerprint density at radius 1 is 1.11 bits per heavy atom. The van der Waals surface area contributed by atoms with Crippen LogP contribution in [-0.2, 0) is 0 Å².